The van der Waals surface area contributed by atoms with Crippen LogP contribution in [0.15, 0.2) is 24.8 Å². The number of aromatic amines is 1. The van der Waals surface area contributed by atoms with Gasteiger partial charge in [0.2, 0.25) is 17.8 Å². The Kier molecular flexibility index (Phi) is 3.46. The van der Waals surface area contributed by atoms with Crippen molar-refractivity contribution in [1.29, 1.82) is 0 Å². The summed E-state index contributed by atoms with van der Waals surface area (Å²) < 4.78 is 7.22. The highest BCUT2D eigenvalue weighted by atomic mass is 16.5. The van der Waals surface area contributed by atoms with Gasteiger partial charge in [0, 0.05) is 30.7 Å². The van der Waals surface area contributed by atoms with Crippen LogP contribution in [0, 0.1) is 6.92 Å². The molecule has 0 bridgehead atoms. The number of hydrogen-bond acceptors (Lipinski definition) is 7. The number of anilines is 1. The summed E-state index contributed by atoms with van der Waals surface area (Å²) in [6.45, 7) is 4.53. The highest BCUT2D eigenvalue weighted by Gasteiger charge is 2.10. The molecule has 0 unspecified atom stereocenters. The molecule has 0 aliphatic rings. The Morgan fingerprint density at radius 2 is 2.24 bits per heavy atom. The van der Waals surface area contributed by atoms with Crippen molar-refractivity contribution in [2.24, 2.45) is 0 Å². The third-order valence-corrected chi connectivity index (χ3v) is 2.55. The van der Waals surface area contributed by atoms with Gasteiger partial charge in [0.15, 0.2) is 0 Å². The topological polar surface area (TPSA) is 106 Å². The maximum absolute atomic E-state index is 5.55. The van der Waals surface area contributed by atoms with Gasteiger partial charge in [-0.15, -0.1) is 5.10 Å². The van der Waals surface area contributed by atoms with E-state index in [2.05, 4.69) is 35.5 Å². The van der Waals surface area contributed by atoms with Crippen molar-refractivity contribution in [3.8, 4) is 17.8 Å². The first kappa shape index (κ1) is 13.0. The smallest absolute Gasteiger partial charge is 0.330 e. The van der Waals surface area contributed by atoms with Crippen LogP contribution in [0.4, 0.5) is 5.95 Å². The minimum Gasteiger partial charge on any atom is -0.403 e. The van der Waals surface area contributed by atoms with Crippen molar-refractivity contribution >= 4 is 5.95 Å². The van der Waals surface area contributed by atoms with Crippen LogP contribution in [0.1, 0.15) is 12.6 Å². The zero-order valence-electron chi connectivity index (χ0n) is 11.6. The third-order valence-electron chi connectivity index (χ3n) is 2.55. The second-order valence-electron chi connectivity index (χ2n) is 4.23. The van der Waals surface area contributed by atoms with E-state index in [1.54, 1.807) is 29.4 Å². The number of imidazole rings is 1. The maximum Gasteiger partial charge on any atom is 0.330 e. The van der Waals surface area contributed by atoms with Crippen LogP contribution in [0.5, 0.6) is 11.9 Å². The molecular formula is C12H14N8O. The SMILES string of the molecule is CCNc1nc(Oc2cc(C)[nH]n2)nc(-n2ccnc2)n1. The van der Waals surface area contributed by atoms with E-state index in [0.29, 0.717) is 24.3 Å². The van der Waals surface area contributed by atoms with E-state index in [1.165, 1.54) is 0 Å². The molecule has 0 aliphatic heterocycles. The summed E-state index contributed by atoms with van der Waals surface area (Å²) in [7, 11) is 0. The molecule has 0 atom stereocenters. The van der Waals surface area contributed by atoms with Gasteiger partial charge in [0.05, 0.1) is 0 Å². The Morgan fingerprint density at radius 3 is 2.90 bits per heavy atom. The van der Waals surface area contributed by atoms with Crippen molar-refractivity contribution in [2.45, 2.75) is 13.8 Å². The standard InChI is InChI=1S/C12H14N8O/c1-3-14-10-15-11(20-5-4-13-7-20)17-12(16-10)21-9-6-8(2)18-19-9/h4-7H,3H2,1-2H3,(H,18,19)(H,14,15,16,17). The van der Waals surface area contributed by atoms with E-state index in [-0.39, 0.29) is 6.01 Å². The van der Waals surface area contributed by atoms with Crippen molar-refractivity contribution in [1.82, 2.24) is 34.7 Å². The number of hydrogen-bond donors (Lipinski definition) is 2. The zero-order valence-corrected chi connectivity index (χ0v) is 11.6. The molecule has 0 saturated carbocycles. The lowest BCUT2D eigenvalue weighted by Crippen LogP contribution is -2.09. The molecule has 9 heteroatoms. The minimum absolute atomic E-state index is 0.163. The number of ether oxygens (including phenoxy) is 1. The Labute approximate surface area is 120 Å². The van der Waals surface area contributed by atoms with Gasteiger partial charge >= 0.3 is 6.01 Å². The zero-order chi connectivity index (χ0) is 14.7. The number of H-pyrrole nitrogens is 1. The van der Waals surface area contributed by atoms with Crippen molar-refractivity contribution in [3.05, 3.63) is 30.5 Å². The molecule has 9 nitrogen and oxygen atoms in total. The van der Waals surface area contributed by atoms with Gasteiger partial charge in [-0.2, -0.15) is 15.0 Å². The summed E-state index contributed by atoms with van der Waals surface area (Å²) in [5.74, 6) is 1.25. The molecule has 3 aromatic rings. The second kappa shape index (κ2) is 5.57. The molecule has 3 heterocycles. The largest absolute Gasteiger partial charge is 0.403 e. The van der Waals surface area contributed by atoms with E-state index in [9.17, 15) is 0 Å². The van der Waals surface area contributed by atoms with Crippen LogP contribution in [0.3, 0.4) is 0 Å². The van der Waals surface area contributed by atoms with Crippen molar-refractivity contribution in [3.63, 3.8) is 0 Å². The summed E-state index contributed by atoms with van der Waals surface area (Å²) in [5, 5.41) is 9.82. The van der Waals surface area contributed by atoms with Crippen LogP contribution in [0.25, 0.3) is 5.95 Å². The highest BCUT2D eigenvalue weighted by Crippen LogP contribution is 2.18. The quantitative estimate of drug-likeness (QED) is 0.728. The molecule has 0 saturated heterocycles. The van der Waals surface area contributed by atoms with E-state index in [0.717, 1.165) is 5.69 Å². The Balaban J connectivity index is 1.95. The van der Waals surface area contributed by atoms with E-state index >= 15 is 0 Å². The molecule has 108 valence electrons. The van der Waals surface area contributed by atoms with Gasteiger partial charge in [0.25, 0.3) is 0 Å². The molecular weight excluding hydrogens is 272 g/mol. The van der Waals surface area contributed by atoms with Gasteiger partial charge in [-0.05, 0) is 13.8 Å². The highest BCUT2D eigenvalue weighted by molar-refractivity contribution is 5.31. The summed E-state index contributed by atoms with van der Waals surface area (Å²) in [6, 6.07) is 1.92. The Bertz CT molecular complexity index is 721. The average Bonchev–Trinajstić information content (AvgIpc) is 3.11. The van der Waals surface area contributed by atoms with Gasteiger partial charge in [-0.3, -0.25) is 9.67 Å². The monoisotopic (exact) mass is 286 g/mol. The Hall–Kier alpha value is -2.97. The molecule has 3 aromatic heterocycles. The van der Waals surface area contributed by atoms with Gasteiger partial charge in [0.1, 0.15) is 6.33 Å². The average molecular weight is 286 g/mol. The van der Waals surface area contributed by atoms with Crippen molar-refractivity contribution < 1.29 is 4.74 Å². The first-order chi connectivity index (χ1) is 10.2. The first-order valence-electron chi connectivity index (χ1n) is 6.42. The maximum atomic E-state index is 5.55. The normalized spacial score (nSPS) is 10.6. The molecule has 0 aromatic carbocycles. The van der Waals surface area contributed by atoms with Crippen LogP contribution in [-0.2, 0) is 0 Å². The number of rotatable bonds is 5. The molecule has 0 amide bonds. The summed E-state index contributed by atoms with van der Waals surface area (Å²) in [4.78, 5) is 16.7. The lowest BCUT2D eigenvalue weighted by Gasteiger charge is -2.07. The molecule has 0 fully saturated rings. The van der Waals surface area contributed by atoms with Gasteiger partial charge < -0.3 is 10.1 Å². The third kappa shape index (κ3) is 2.96. The molecule has 3 rings (SSSR count). The molecule has 0 aliphatic carbocycles. The van der Waals surface area contributed by atoms with Gasteiger partial charge in [-0.25, -0.2) is 4.98 Å². The fourth-order valence-corrected chi connectivity index (χ4v) is 1.66. The van der Waals surface area contributed by atoms with E-state index < -0.39 is 0 Å². The van der Waals surface area contributed by atoms with Gasteiger partial charge in [-0.1, -0.05) is 0 Å². The predicted molar refractivity (Wildman–Crippen MR) is 74.5 cm³/mol. The predicted octanol–water partition coefficient (Wildman–Crippen LogP) is 1.31. The molecule has 0 radical (unpaired) electrons. The fraction of sp³-hybridized carbons (Fsp3) is 0.250. The second-order valence-corrected chi connectivity index (χ2v) is 4.23. The van der Waals surface area contributed by atoms with Crippen LogP contribution in [-0.4, -0.2) is 41.2 Å². The van der Waals surface area contributed by atoms with Crippen molar-refractivity contribution in [2.75, 3.05) is 11.9 Å². The lowest BCUT2D eigenvalue weighted by molar-refractivity contribution is 0.421. The van der Waals surface area contributed by atoms with E-state index in [4.69, 9.17) is 4.74 Å². The molecule has 21 heavy (non-hydrogen) atoms. The summed E-state index contributed by atoms with van der Waals surface area (Å²) in [6.07, 6.45) is 5.00. The van der Waals surface area contributed by atoms with Crippen LogP contribution >= 0.6 is 0 Å². The number of aryl methyl sites for hydroxylation is 1. The first-order valence-corrected chi connectivity index (χ1v) is 6.42. The number of aromatic nitrogens is 7. The fourth-order valence-electron chi connectivity index (χ4n) is 1.66. The lowest BCUT2D eigenvalue weighted by atomic mass is 10.5. The minimum atomic E-state index is 0.163. The molecule has 2 N–H and O–H groups in total. The molecule has 0 spiro atoms. The Morgan fingerprint density at radius 1 is 1.33 bits per heavy atom. The van der Waals surface area contributed by atoms with Crippen LogP contribution in [0.2, 0.25) is 0 Å². The van der Waals surface area contributed by atoms with Crippen LogP contribution < -0.4 is 10.1 Å². The summed E-state index contributed by atoms with van der Waals surface area (Å²) >= 11 is 0. The number of nitrogens with one attached hydrogen (secondary N) is 2. The van der Waals surface area contributed by atoms with E-state index in [1.807, 2.05) is 13.8 Å². The number of nitrogens with zero attached hydrogens (tertiary/aromatic N) is 6. The summed E-state index contributed by atoms with van der Waals surface area (Å²) in [5.41, 5.74) is 0.890.